The van der Waals surface area contributed by atoms with E-state index in [4.69, 9.17) is 15.6 Å². The summed E-state index contributed by atoms with van der Waals surface area (Å²) in [6.45, 7) is 0.280. The van der Waals surface area contributed by atoms with Crippen molar-refractivity contribution >= 4 is 5.69 Å². The lowest BCUT2D eigenvalue weighted by Gasteiger charge is -2.11. The van der Waals surface area contributed by atoms with E-state index < -0.39 is 0 Å². The minimum absolute atomic E-state index is 0.00138. The van der Waals surface area contributed by atoms with Crippen molar-refractivity contribution in [1.29, 1.82) is 0 Å². The third-order valence-corrected chi connectivity index (χ3v) is 2.44. The predicted molar refractivity (Wildman–Crippen MR) is 68.9 cm³/mol. The van der Waals surface area contributed by atoms with Gasteiger partial charge in [-0.2, -0.15) is 0 Å². The molecule has 2 aromatic carbocycles. The Morgan fingerprint density at radius 2 is 1.82 bits per heavy atom. The number of nitrogens with two attached hydrogens (primary N) is 1. The average molecular weight is 229 g/mol. The van der Waals surface area contributed by atoms with Gasteiger partial charge in [-0.3, -0.25) is 0 Å². The van der Waals surface area contributed by atoms with Crippen LogP contribution in [0.15, 0.2) is 48.5 Å². The van der Waals surface area contributed by atoms with Crippen LogP contribution in [0.5, 0.6) is 5.75 Å². The topological polar surface area (TPSA) is 55.5 Å². The Labute approximate surface area is 100 Å². The van der Waals surface area contributed by atoms with E-state index in [2.05, 4.69) is 0 Å². The quantitative estimate of drug-likeness (QED) is 0.791. The summed E-state index contributed by atoms with van der Waals surface area (Å²) in [6.07, 6.45) is 0. The molecule has 0 saturated heterocycles. The van der Waals surface area contributed by atoms with Crippen molar-refractivity contribution in [2.75, 3.05) is 18.9 Å². The van der Waals surface area contributed by atoms with Gasteiger partial charge in [0.15, 0.2) is 0 Å². The number of nitrogen functional groups attached to an aromatic ring is 1. The molecule has 0 fully saturated rings. The minimum atomic E-state index is -0.00138. The third-order valence-electron chi connectivity index (χ3n) is 2.44. The van der Waals surface area contributed by atoms with Gasteiger partial charge in [0.05, 0.1) is 6.61 Å². The van der Waals surface area contributed by atoms with E-state index in [0.717, 1.165) is 16.9 Å². The Morgan fingerprint density at radius 3 is 2.53 bits per heavy atom. The molecule has 0 aliphatic carbocycles. The number of hydrogen-bond acceptors (Lipinski definition) is 3. The zero-order valence-corrected chi connectivity index (χ0v) is 9.47. The number of aliphatic hydroxyl groups is 1. The van der Waals surface area contributed by atoms with E-state index in [1.807, 2.05) is 42.5 Å². The molecule has 0 spiro atoms. The molecule has 3 nitrogen and oxygen atoms in total. The highest BCUT2D eigenvalue weighted by Crippen LogP contribution is 2.31. The van der Waals surface area contributed by atoms with Crippen LogP contribution in [-0.2, 0) is 0 Å². The Hall–Kier alpha value is -2.00. The highest BCUT2D eigenvalue weighted by Gasteiger charge is 2.06. The van der Waals surface area contributed by atoms with Crippen molar-refractivity contribution in [3.8, 4) is 16.9 Å². The molecule has 0 heterocycles. The van der Waals surface area contributed by atoms with Crippen LogP contribution in [0.4, 0.5) is 5.69 Å². The maximum absolute atomic E-state index is 8.79. The third kappa shape index (κ3) is 2.77. The van der Waals surface area contributed by atoms with Gasteiger partial charge in [0.1, 0.15) is 12.4 Å². The predicted octanol–water partition coefficient (Wildman–Crippen LogP) is 2.31. The largest absolute Gasteiger partial charge is 0.491 e. The first kappa shape index (κ1) is 11.5. The van der Waals surface area contributed by atoms with Crippen LogP contribution in [0.25, 0.3) is 11.1 Å². The van der Waals surface area contributed by atoms with Crippen LogP contribution in [0.2, 0.25) is 0 Å². The number of benzene rings is 2. The van der Waals surface area contributed by atoms with E-state index in [1.165, 1.54) is 0 Å². The zero-order chi connectivity index (χ0) is 12.1. The fourth-order valence-corrected chi connectivity index (χ4v) is 1.67. The molecule has 0 unspecified atom stereocenters. The lowest BCUT2D eigenvalue weighted by atomic mass is 10.0. The van der Waals surface area contributed by atoms with Crippen LogP contribution in [-0.4, -0.2) is 18.3 Å². The maximum atomic E-state index is 8.79. The summed E-state index contributed by atoms with van der Waals surface area (Å²) < 4.78 is 5.49. The number of rotatable bonds is 4. The molecule has 0 radical (unpaired) electrons. The van der Waals surface area contributed by atoms with Crippen molar-refractivity contribution in [2.24, 2.45) is 0 Å². The van der Waals surface area contributed by atoms with Crippen molar-refractivity contribution in [2.45, 2.75) is 0 Å². The number of ether oxygens (including phenoxy) is 1. The molecule has 3 heteroatoms. The maximum Gasteiger partial charge on any atom is 0.127 e. The number of hydrogen-bond donors (Lipinski definition) is 2. The Morgan fingerprint density at radius 1 is 1.06 bits per heavy atom. The van der Waals surface area contributed by atoms with Gasteiger partial charge in [0, 0.05) is 11.3 Å². The average Bonchev–Trinajstić information content (AvgIpc) is 2.38. The van der Waals surface area contributed by atoms with Gasteiger partial charge in [0.25, 0.3) is 0 Å². The molecule has 0 aliphatic rings. The summed E-state index contributed by atoms with van der Waals surface area (Å²) in [6, 6.07) is 15.4. The summed E-state index contributed by atoms with van der Waals surface area (Å²) in [5, 5.41) is 8.79. The molecule has 88 valence electrons. The van der Waals surface area contributed by atoms with E-state index >= 15 is 0 Å². The Kier molecular flexibility index (Phi) is 3.62. The fraction of sp³-hybridized carbons (Fsp3) is 0.143. The van der Waals surface area contributed by atoms with E-state index in [1.54, 1.807) is 6.07 Å². The van der Waals surface area contributed by atoms with Gasteiger partial charge in [-0.05, 0) is 23.8 Å². The Balaban J connectivity index is 2.40. The highest BCUT2D eigenvalue weighted by atomic mass is 16.5. The molecule has 2 aromatic rings. The number of aliphatic hydroxyl groups excluding tert-OH is 1. The van der Waals surface area contributed by atoms with Crippen molar-refractivity contribution in [3.05, 3.63) is 48.5 Å². The van der Waals surface area contributed by atoms with Gasteiger partial charge in [-0.25, -0.2) is 0 Å². The molecule has 0 amide bonds. The molecule has 0 aromatic heterocycles. The second-order valence-corrected chi connectivity index (χ2v) is 3.69. The lowest BCUT2D eigenvalue weighted by molar-refractivity contribution is 0.202. The van der Waals surface area contributed by atoms with Crippen LogP contribution in [0, 0.1) is 0 Å². The van der Waals surface area contributed by atoms with Gasteiger partial charge in [0.2, 0.25) is 0 Å². The van der Waals surface area contributed by atoms with Gasteiger partial charge in [-0.15, -0.1) is 0 Å². The van der Waals surface area contributed by atoms with E-state index in [-0.39, 0.29) is 13.2 Å². The number of anilines is 1. The van der Waals surface area contributed by atoms with Crippen LogP contribution >= 0.6 is 0 Å². The monoisotopic (exact) mass is 229 g/mol. The van der Waals surface area contributed by atoms with Crippen molar-refractivity contribution < 1.29 is 9.84 Å². The van der Waals surface area contributed by atoms with Gasteiger partial charge in [-0.1, -0.05) is 30.3 Å². The van der Waals surface area contributed by atoms with E-state index in [9.17, 15) is 0 Å². The van der Waals surface area contributed by atoms with Crippen LogP contribution in [0.3, 0.4) is 0 Å². The molecule has 17 heavy (non-hydrogen) atoms. The van der Waals surface area contributed by atoms with Crippen LogP contribution < -0.4 is 10.5 Å². The molecule has 3 N–H and O–H groups in total. The van der Waals surface area contributed by atoms with Crippen LogP contribution in [0.1, 0.15) is 0 Å². The van der Waals surface area contributed by atoms with Gasteiger partial charge >= 0.3 is 0 Å². The highest BCUT2D eigenvalue weighted by molar-refractivity contribution is 5.73. The molecule has 0 atom stereocenters. The second kappa shape index (κ2) is 5.37. The summed E-state index contributed by atoms with van der Waals surface area (Å²) in [5.74, 6) is 0.736. The molecular weight excluding hydrogens is 214 g/mol. The molecule has 0 aliphatic heterocycles. The standard InChI is InChI=1S/C14H15NO2/c15-12-6-7-14(17-9-8-16)13(10-12)11-4-2-1-3-5-11/h1-7,10,16H,8-9,15H2. The van der Waals surface area contributed by atoms with Crippen molar-refractivity contribution in [1.82, 2.24) is 0 Å². The molecule has 2 rings (SSSR count). The SMILES string of the molecule is Nc1ccc(OCCO)c(-c2ccccc2)c1. The Bertz CT molecular complexity index is 483. The fourth-order valence-electron chi connectivity index (χ4n) is 1.67. The summed E-state index contributed by atoms with van der Waals surface area (Å²) >= 11 is 0. The summed E-state index contributed by atoms with van der Waals surface area (Å²) in [5.41, 5.74) is 8.48. The molecular formula is C14H15NO2. The van der Waals surface area contributed by atoms with Gasteiger partial charge < -0.3 is 15.6 Å². The summed E-state index contributed by atoms with van der Waals surface area (Å²) in [7, 11) is 0. The first-order valence-corrected chi connectivity index (χ1v) is 5.50. The van der Waals surface area contributed by atoms with Crippen molar-refractivity contribution in [3.63, 3.8) is 0 Å². The second-order valence-electron chi connectivity index (χ2n) is 3.69. The smallest absolute Gasteiger partial charge is 0.127 e. The normalized spacial score (nSPS) is 10.2. The summed E-state index contributed by atoms with van der Waals surface area (Å²) in [4.78, 5) is 0. The molecule has 0 saturated carbocycles. The first-order valence-electron chi connectivity index (χ1n) is 5.50. The zero-order valence-electron chi connectivity index (χ0n) is 9.47. The first-order chi connectivity index (χ1) is 8.31. The molecule has 0 bridgehead atoms. The lowest BCUT2D eigenvalue weighted by Crippen LogP contribution is -2.03. The minimum Gasteiger partial charge on any atom is -0.491 e. The van der Waals surface area contributed by atoms with E-state index in [0.29, 0.717) is 5.69 Å².